The van der Waals surface area contributed by atoms with Crippen LogP contribution in [0.3, 0.4) is 0 Å². The van der Waals surface area contributed by atoms with Gasteiger partial charge >= 0.3 is 0 Å². The summed E-state index contributed by atoms with van der Waals surface area (Å²) in [5.74, 6) is 1.20. The Morgan fingerprint density at radius 2 is 2.29 bits per heavy atom. The molecule has 0 saturated carbocycles. The van der Waals surface area contributed by atoms with E-state index in [1.807, 2.05) is 6.26 Å². The van der Waals surface area contributed by atoms with Crippen molar-refractivity contribution in [3.8, 4) is 0 Å². The fourth-order valence-corrected chi connectivity index (χ4v) is 3.08. The van der Waals surface area contributed by atoms with Gasteiger partial charge in [-0.05, 0) is 38.3 Å². The van der Waals surface area contributed by atoms with Crippen molar-refractivity contribution in [2.24, 2.45) is 0 Å². The summed E-state index contributed by atoms with van der Waals surface area (Å²) < 4.78 is 5.52. The minimum atomic E-state index is 0.515. The number of hydrogen-bond donors (Lipinski definition) is 2. The Labute approximate surface area is 103 Å². The molecule has 1 aromatic heterocycles. The molecule has 0 bridgehead atoms. The van der Waals surface area contributed by atoms with Gasteiger partial charge in [0.25, 0.3) is 0 Å². The molecular formula is C14H22N2O. The molecule has 1 saturated heterocycles. The molecule has 17 heavy (non-hydrogen) atoms. The average Bonchev–Trinajstić information content (AvgIpc) is 2.86. The van der Waals surface area contributed by atoms with Gasteiger partial charge in [-0.1, -0.05) is 6.42 Å². The first-order chi connectivity index (χ1) is 8.43. The molecule has 1 fully saturated rings. The van der Waals surface area contributed by atoms with Crippen molar-refractivity contribution < 1.29 is 4.42 Å². The predicted octanol–water partition coefficient (Wildman–Crippen LogP) is 2.39. The molecule has 2 N–H and O–H groups in total. The van der Waals surface area contributed by atoms with Crippen LogP contribution >= 0.6 is 0 Å². The van der Waals surface area contributed by atoms with E-state index in [9.17, 15) is 0 Å². The summed E-state index contributed by atoms with van der Waals surface area (Å²) in [6.45, 7) is 2.28. The number of fused-ring (bicyclic) bond motifs is 1. The average molecular weight is 234 g/mol. The van der Waals surface area contributed by atoms with Gasteiger partial charge in [-0.3, -0.25) is 0 Å². The van der Waals surface area contributed by atoms with Crippen molar-refractivity contribution in [3.05, 3.63) is 23.7 Å². The Morgan fingerprint density at radius 1 is 1.29 bits per heavy atom. The van der Waals surface area contributed by atoms with Crippen molar-refractivity contribution in [1.82, 2.24) is 10.6 Å². The summed E-state index contributed by atoms with van der Waals surface area (Å²) in [6.07, 6.45) is 9.48. The molecule has 0 spiro atoms. The molecule has 3 nitrogen and oxygen atoms in total. The first-order valence-electron chi connectivity index (χ1n) is 6.96. The largest absolute Gasteiger partial charge is 0.469 e. The lowest BCUT2D eigenvalue weighted by Gasteiger charge is -2.28. The lowest BCUT2D eigenvalue weighted by atomic mass is 9.93. The molecule has 2 aliphatic rings. The summed E-state index contributed by atoms with van der Waals surface area (Å²) in [6, 6.07) is 3.32. The Hall–Kier alpha value is -0.800. The molecule has 3 rings (SSSR count). The Kier molecular flexibility index (Phi) is 3.48. The van der Waals surface area contributed by atoms with Gasteiger partial charge in [0, 0.05) is 30.6 Å². The van der Waals surface area contributed by atoms with E-state index >= 15 is 0 Å². The second-order valence-corrected chi connectivity index (χ2v) is 5.30. The smallest absolute Gasteiger partial charge is 0.108 e. The zero-order chi connectivity index (χ0) is 11.5. The predicted molar refractivity (Wildman–Crippen MR) is 68.0 cm³/mol. The maximum Gasteiger partial charge on any atom is 0.108 e. The van der Waals surface area contributed by atoms with Crippen LogP contribution in [0, 0.1) is 0 Å². The Morgan fingerprint density at radius 3 is 3.18 bits per heavy atom. The quantitative estimate of drug-likeness (QED) is 0.843. The molecule has 2 atom stereocenters. The summed E-state index contributed by atoms with van der Waals surface area (Å²) in [5, 5.41) is 7.30. The first-order valence-corrected chi connectivity index (χ1v) is 6.96. The van der Waals surface area contributed by atoms with Crippen LogP contribution in [-0.2, 0) is 6.42 Å². The summed E-state index contributed by atoms with van der Waals surface area (Å²) in [4.78, 5) is 0. The summed E-state index contributed by atoms with van der Waals surface area (Å²) in [5.41, 5.74) is 1.40. The lowest BCUT2D eigenvalue weighted by Crippen LogP contribution is -2.43. The van der Waals surface area contributed by atoms with Crippen LogP contribution in [0.5, 0.6) is 0 Å². The number of nitrogens with one attached hydrogen (secondary N) is 2. The fourth-order valence-electron chi connectivity index (χ4n) is 3.08. The molecule has 94 valence electrons. The number of rotatable bonds is 3. The monoisotopic (exact) mass is 234 g/mol. The molecule has 2 unspecified atom stereocenters. The van der Waals surface area contributed by atoms with Gasteiger partial charge in [-0.25, -0.2) is 0 Å². The highest BCUT2D eigenvalue weighted by atomic mass is 16.3. The highest BCUT2D eigenvalue weighted by Crippen LogP contribution is 2.30. The van der Waals surface area contributed by atoms with Crippen LogP contribution in [0.1, 0.15) is 49.5 Å². The lowest BCUT2D eigenvalue weighted by molar-refractivity contribution is 0.347. The van der Waals surface area contributed by atoms with E-state index in [-0.39, 0.29) is 0 Å². The second kappa shape index (κ2) is 5.23. The van der Waals surface area contributed by atoms with Gasteiger partial charge < -0.3 is 15.1 Å². The molecule has 0 radical (unpaired) electrons. The van der Waals surface area contributed by atoms with Gasteiger partial charge in [-0.15, -0.1) is 0 Å². The minimum Gasteiger partial charge on any atom is -0.469 e. The number of aryl methyl sites for hydroxylation is 1. The van der Waals surface area contributed by atoms with E-state index in [2.05, 4.69) is 16.7 Å². The molecule has 1 aliphatic carbocycles. The van der Waals surface area contributed by atoms with Crippen LogP contribution in [-0.4, -0.2) is 19.1 Å². The Balaban J connectivity index is 1.56. The van der Waals surface area contributed by atoms with E-state index < -0.39 is 0 Å². The number of piperidine rings is 1. The minimum absolute atomic E-state index is 0.515. The van der Waals surface area contributed by atoms with Gasteiger partial charge in [0.15, 0.2) is 0 Å². The van der Waals surface area contributed by atoms with Gasteiger partial charge in [0.05, 0.1) is 6.26 Å². The van der Waals surface area contributed by atoms with Gasteiger partial charge in [-0.2, -0.15) is 0 Å². The fraction of sp³-hybridized carbons (Fsp3) is 0.714. The third kappa shape index (κ3) is 2.55. The summed E-state index contributed by atoms with van der Waals surface area (Å²) >= 11 is 0. The summed E-state index contributed by atoms with van der Waals surface area (Å²) in [7, 11) is 0. The van der Waals surface area contributed by atoms with E-state index in [1.165, 1.54) is 50.0 Å². The maximum absolute atomic E-state index is 5.52. The number of hydrogen-bond acceptors (Lipinski definition) is 3. The highest BCUT2D eigenvalue weighted by Gasteiger charge is 2.23. The van der Waals surface area contributed by atoms with Crippen LogP contribution in [0.15, 0.2) is 16.7 Å². The van der Waals surface area contributed by atoms with Crippen molar-refractivity contribution in [2.45, 2.75) is 50.6 Å². The molecule has 1 aliphatic heterocycles. The van der Waals surface area contributed by atoms with Crippen LogP contribution < -0.4 is 10.6 Å². The highest BCUT2D eigenvalue weighted by molar-refractivity contribution is 5.24. The zero-order valence-electron chi connectivity index (χ0n) is 10.4. The molecular weight excluding hydrogens is 212 g/mol. The first kappa shape index (κ1) is 11.3. The molecule has 2 heterocycles. The zero-order valence-corrected chi connectivity index (χ0v) is 10.4. The third-order valence-corrected chi connectivity index (χ3v) is 4.07. The number of furan rings is 1. The van der Waals surface area contributed by atoms with Crippen LogP contribution in [0.2, 0.25) is 0 Å². The second-order valence-electron chi connectivity index (χ2n) is 5.30. The molecule has 3 heteroatoms. The topological polar surface area (TPSA) is 37.2 Å². The van der Waals surface area contributed by atoms with E-state index in [0.29, 0.717) is 12.1 Å². The SMILES string of the molecule is c1cc2c(o1)CCCC2NCC1CCCCN1. The van der Waals surface area contributed by atoms with Crippen molar-refractivity contribution in [1.29, 1.82) is 0 Å². The standard InChI is InChI=1S/C14H22N2O/c1-2-8-15-11(4-1)10-16-13-5-3-6-14-12(13)7-9-17-14/h7,9,11,13,15-16H,1-6,8,10H2. The molecule has 0 amide bonds. The van der Waals surface area contributed by atoms with Crippen LogP contribution in [0.4, 0.5) is 0 Å². The molecule has 1 aromatic rings. The third-order valence-electron chi connectivity index (χ3n) is 4.07. The van der Waals surface area contributed by atoms with Gasteiger partial charge in [0.2, 0.25) is 0 Å². The Bertz CT molecular complexity index is 355. The van der Waals surface area contributed by atoms with Crippen molar-refractivity contribution in [2.75, 3.05) is 13.1 Å². The van der Waals surface area contributed by atoms with E-state index in [4.69, 9.17) is 4.42 Å². The van der Waals surface area contributed by atoms with Crippen molar-refractivity contribution >= 4 is 0 Å². The maximum atomic E-state index is 5.52. The van der Waals surface area contributed by atoms with Gasteiger partial charge in [0.1, 0.15) is 5.76 Å². The molecule has 0 aromatic carbocycles. The van der Waals surface area contributed by atoms with E-state index in [1.54, 1.807) is 0 Å². The van der Waals surface area contributed by atoms with E-state index in [0.717, 1.165) is 13.0 Å². The van der Waals surface area contributed by atoms with Crippen LogP contribution in [0.25, 0.3) is 0 Å². The normalized spacial score (nSPS) is 28.9. The van der Waals surface area contributed by atoms with Crippen molar-refractivity contribution in [3.63, 3.8) is 0 Å².